The molecule has 0 aromatic heterocycles. The summed E-state index contributed by atoms with van der Waals surface area (Å²) in [5.41, 5.74) is 0. The van der Waals surface area contributed by atoms with Gasteiger partial charge < -0.3 is 9.84 Å². The van der Waals surface area contributed by atoms with E-state index in [1.54, 1.807) is 0 Å². The zero-order valence-corrected chi connectivity index (χ0v) is 10.4. The van der Waals surface area contributed by atoms with Crippen LogP contribution in [0.1, 0.15) is 26.2 Å². The molecule has 6 nitrogen and oxygen atoms in total. The monoisotopic (exact) mass is 253 g/mol. The van der Waals surface area contributed by atoms with Crippen molar-refractivity contribution in [2.75, 3.05) is 19.5 Å². The summed E-state index contributed by atoms with van der Waals surface area (Å²) in [6.07, 6.45) is 1.80. The minimum Gasteiger partial charge on any atom is -0.480 e. The molecule has 1 atom stereocenters. The number of sulfonamides is 1. The van der Waals surface area contributed by atoms with Gasteiger partial charge in [-0.1, -0.05) is 19.8 Å². The molecular weight excluding hydrogens is 234 g/mol. The van der Waals surface area contributed by atoms with Crippen LogP contribution in [0, 0.1) is 0 Å². The van der Waals surface area contributed by atoms with E-state index in [4.69, 9.17) is 5.11 Å². The first-order valence-electron chi connectivity index (χ1n) is 5.14. The molecule has 0 aliphatic rings. The highest BCUT2D eigenvalue weighted by atomic mass is 32.2. The third-order valence-corrected chi connectivity index (χ3v) is 3.37. The first-order valence-corrected chi connectivity index (χ1v) is 6.80. The van der Waals surface area contributed by atoms with Crippen molar-refractivity contribution in [1.82, 2.24) is 4.72 Å². The van der Waals surface area contributed by atoms with E-state index >= 15 is 0 Å². The molecule has 0 saturated heterocycles. The maximum absolute atomic E-state index is 11.4. The normalized spacial score (nSPS) is 13.6. The molecule has 0 fully saturated rings. The highest BCUT2D eigenvalue weighted by Gasteiger charge is 2.22. The molecule has 16 heavy (non-hydrogen) atoms. The molecule has 0 bridgehead atoms. The summed E-state index contributed by atoms with van der Waals surface area (Å²) in [5, 5.41) is 8.83. The zero-order chi connectivity index (χ0) is 12.6. The predicted molar refractivity (Wildman–Crippen MR) is 59.7 cm³/mol. The lowest BCUT2D eigenvalue weighted by Gasteiger charge is -2.13. The minimum atomic E-state index is -3.57. The Morgan fingerprint density at radius 2 is 2.12 bits per heavy atom. The molecule has 0 aliphatic heterocycles. The van der Waals surface area contributed by atoms with Gasteiger partial charge in [-0.3, -0.25) is 4.79 Å². The maximum atomic E-state index is 11.4. The van der Waals surface area contributed by atoms with E-state index < -0.39 is 22.0 Å². The molecule has 2 N–H and O–H groups in total. The topological polar surface area (TPSA) is 92.7 Å². The first-order chi connectivity index (χ1) is 7.43. The molecule has 0 heterocycles. The van der Waals surface area contributed by atoms with Gasteiger partial charge in [-0.15, -0.1) is 0 Å². The van der Waals surface area contributed by atoms with Crippen LogP contribution in [0.2, 0.25) is 0 Å². The number of nitrogens with one attached hydrogen (secondary N) is 1. The van der Waals surface area contributed by atoms with Crippen LogP contribution in [-0.2, 0) is 19.6 Å². The number of carbonyl (C=O) groups is 1. The molecule has 0 rings (SSSR count). The van der Waals surface area contributed by atoms with Crippen molar-refractivity contribution >= 4 is 16.0 Å². The summed E-state index contributed by atoms with van der Waals surface area (Å²) in [5.74, 6) is -1.37. The van der Waals surface area contributed by atoms with Gasteiger partial charge in [-0.25, -0.2) is 13.1 Å². The second kappa shape index (κ2) is 7.59. The number of rotatable bonds is 9. The SMILES string of the molecule is CCCCC(NS(=O)(=O)CCOC)C(=O)O. The Hall–Kier alpha value is -0.660. The average Bonchev–Trinajstić information content (AvgIpc) is 2.21. The summed E-state index contributed by atoms with van der Waals surface area (Å²) in [4.78, 5) is 10.8. The van der Waals surface area contributed by atoms with Crippen molar-refractivity contribution < 1.29 is 23.1 Å². The second-order valence-electron chi connectivity index (χ2n) is 3.46. The number of methoxy groups -OCH3 is 1. The third-order valence-electron chi connectivity index (χ3n) is 2.02. The fraction of sp³-hybridized carbons (Fsp3) is 0.889. The number of unbranched alkanes of at least 4 members (excludes halogenated alkanes) is 1. The van der Waals surface area contributed by atoms with Crippen LogP contribution in [0.15, 0.2) is 0 Å². The number of ether oxygens (including phenoxy) is 1. The smallest absolute Gasteiger partial charge is 0.321 e. The lowest BCUT2D eigenvalue weighted by atomic mass is 10.1. The van der Waals surface area contributed by atoms with Gasteiger partial charge in [0, 0.05) is 7.11 Å². The molecule has 1 unspecified atom stereocenters. The minimum absolute atomic E-state index is 0.0510. The molecule has 0 radical (unpaired) electrons. The van der Waals surface area contributed by atoms with Crippen molar-refractivity contribution in [3.05, 3.63) is 0 Å². The third kappa shape index (κ3) is 6.76. The fourth-order valence-electron chi connectivity index (χ4n) is 1.11. The van der Waals surface area contributed by atoms with E-state index in [2.05, 4.69) is 9.46 Å². The highest BCUT2D eigenvalue weighted by Crippen LogP contribution is 2.02. The molecule has 96 valence electrons. The van der Waals surface area contributed by atoms with E-state index in [9.17, 15) is 13.2 Å². The van der Waals surface area contributed by atoms with E-state index in [1.807, 2.05) is 6.92 Å². The van der Waals surface area contributed by atoms with Gasteiger partial charge in [0.05, 0.1) is 12.4 Å². The Morgan fingerprint density at radius 3 is 2.56 bits per heavy atom. The Bertz CT molecular complexity index is 301. The van der Waals surface area contributed by atoms with Crippen molar-refractivity contribution in [2.45, 2.75) is 32.2 Å². The van der Waals surface area contributed by atoms with Gasteiger partial charge >= 0.3 is 5.97 Å². The number of hydrogen-bond acceptors (Lipinski definition) is 4. The summed E-state index contributed by atoms with van der Waals surface area (Å²) in [6, 6.07) is -1.04. The molecule has 7 heteroatoms. The standard InChI is InChI=1S/C9H19NO5S/c1-3-4-5-8(9(11)12)10-16(13,14)7-6-15-2/h8,10H,3-7H2,1-2H3,(H,11,12). The van der Waals surface area contributed by atoms with Gasteiger partial charge in [0.1, 0.15) is 6.04 Å². The number of aliphatic carboxylic acids is 1. The van der Waals surface area contributed by atoms with Crippen LogP contribution >= 0.6 is 0 Å². The van der Waals surface area contributed by atoms with E-state index in [0.29, 0.717) is 12.8 Å². The van der Waals surface area contributed by atoms with Crippen LogP contribution in [0.5, 0.6) is 0 Å². The first kappa shape index (κ1) is 15.3. The van der Waals surface area contributed by atoms with Crippen molar-refractivity contribution in [3.8, 4) is 0 Å². The molecule has 0 amide bonds. The van der Waals surface area contributed by atoms with Crippen LogP contribution in [0.25, 0.3) is 0 Å². The van der Waals surface area contributed by atoms with Gasteiger partial charge in [-0.05, 0) is 6.42 Å². The lowest BCUT2D eigenvalue weighted by molar-refractivity contribution is -0.139. The van der Waals surface area contributed by atoms with Crippen molar-refractivity contribution in [2.24, 2.45) is 0 Å². The molecule has 0 aromatic carbocycles. The number of carboxylic acid groups (broad SMARTS) is 1. The highest BCUT2D eigenvalue weighted by molar-refractivity contribution is 7.89. The molecule has 0 saturated carbocycles. The van der Waals surface area contributed by atoms with Crippen LogP contribution in [-0.4, -0.2) is 45.0 Å². The maximum Gasteiger partial charge on any atom is 0.321 e. The zero-order valence-electron chi connectivity index (χ0n) is 9.60. The van der Waals surface area contributed by atoms with Crippen molar-refractivity contribution in [3.63, 3.8) is 0 Å². The quantitative estimate of drug-likeness (QED) is 0.612. The molecular formula is C9H19NO5S. The van der Waals surface area contributed by atoms with Crippen LogP contribution < -0.4 is 4.72 Å². The summed E-state index contributed by atoms with van der Waals surface area (Å²) >= 11 is 0. The molecule has 0 aliphatic carbocycles. The summed E-state index contributed by atoms with van der Waals surface area (Å²) in [6.45, 7) is 1.97. The second-order valence-corrected chi connectivity index (χ2v) is 5.34. The number of carboxylic acids is 1. The van der Waals surface area contributed by atoms with E-state index in [1.165, 1.54) is 7.11 Å². The van der Waals surface area contributed by atoms with Gasteiger partial charge in [0.2, 0.25) is 10.0 Å². The Balaban J connectivity index is 4.32. The Morgan fingerprint density at radius 1 is 1.50 bits per heavy atom. The van der Waals surface area contributed by atoms with Gasteiger partial charge in [0.15, 0.2) is 0 Å². The number of hydrogen-bond donors (Lipinski definition) is 2. The van der Waals surface area contributed by atoms with Crippen molar-refractivity contribution in [1.29, 1.82) is 0 Å². The Kier molecular flexibility index (Phi) is 7.27. The van der Waals surface area contributed by atoms with E-state index in [0.717, 1.165) is 6.42 Å². The largest absolute Gasteiger partial charge is 0.480 e. The summed E-state index contributed by atoms with van der Waals surface area (Å²) < 4.78 is 29.6. The molecule has 0 spiro atoms. The lowest BCUT2D eigenvalue weighted by Crippen LogP contribution is -2.42. The van der Waals surface area contributed by atoms with Gasteiger partial charge in [0.25, 0.3) is 0 Å². The molecule has 0 aromatic rings. The Labute approximate surface area is 96.0 Å². The van der Waals surface area contributed by atoms with Crippen LogP contribution in [0.4, 0.5) is 0 Å². The van der Waals surface area contributed by atoms with E-state index in [-0.39, 0.29) is 12.4 Å². The average molecular weight is 253 g/mol. The predicted octanol–water partition coefficient (Wildman–Crippen LogP) is 0.196. The summed E-state index contributed by atoms with van der Waals surface area (Å²) in [7, 11) is -2.18. The fourth-order valence-corrected chi connectivity index (χ4v) is 2.27. The van der Waals surface area contributed by atoms with Gasteiger partial charge in [-0.2, -0.15) is 0 Å². The van der Waals surface area contributed by atoms with Crippen LogP contribution in [0.3, 0.4) is 0 Å².